The van der Waals surface area contributed by atoms with Crippen molar-refractivity contribution in [3.63, 3.8) is 0 Å². The quantitative estimate of drug-likeness (QED) is 0.789. The van der Waals surface area contributed by atoms with Crippen LogP contribution in [0, 0.1) is 0 Å². The van der Waals surface area contributed by atoms with E-state index in [9.17, 15) is 4.79 Å². The van der Waals surface area contributed by atoms with Gasteiger partial charge in [0.25, 0.3) is 5.91 Å². The number of nitrogens with zero attached hydrogens (tertiary/aromatic N) is 2. The van der Waals surface area contributed by atoms with E-state index in [-0.39, 0.29) is 5.91 Å². The highest BCUT2D eigenvalue weighted by molar-refractivity contribution is 5.96. The van der Waals surface area contributed by atoms with Crippen LogP contribution in [0.15, 0.2) is 47.3 Å². The van der Waals surface area contributed by atoms with E-state index in [0.717, 1.165) is 23.1 Å². The van der Waals surface area contributed by atoms with Gasteiger partial charge in [0.1, 0.15) is 5.58 Å². The van der Waals surface area contributed by atoms with Crippen molar-refractivity contribution in [2.24, 2.45) is 7.05 Å². The Morgan fingerprint density at radius 1 is 1.40 bits per heavy atom. The molecule has 1 amide bonds. The number of para-hydroxylation sites is 1. The van der Waals surface area contributed by atoms with Crippen molar-refractivity contribution in [3.8, 4) is 0 Å². The highest BCUT2D eigenvalue weighted by atomic mass is 16.3. The molecule has 2 aromatic heterocycles. The molecule has 0 saturated heterocycles. The van der Waals surface area contributed by atoms with Gasteiger partial charge in [0.2, 0.25) is 0 Å². The molecule has 0 aliphatic rings. The van der Waals surface area contributed by atoms with Gasteiger partial charge in [-0.1, -0.05) is 18.2 Å². The number of amides is 1. The monoisotopic (exact) mass is 269 g/mol. The minimum Gasteiger partial charge on any atom is -0.451 e. The third kappa shape index (κ3) is 2.42. The van der Waals surface area contributed by atoms with E-state index in [1.54, 1.807) is 18.6 Å². The summed E-state index contributed by atoms with van der Waals surface area (Å²) in [5.74, 6) is 0.152. The zero-order valence-electron chi connectivity index (χ0n) is 11.2. The second-order valence-electron chi connectivity index (χ2n) is 4.65. The maximum Gasteiger partial charge on any atom is 0.287 e. The highest BCUT2D eigenvalue weighted by Gasteiger charge is 2.11. The molecule has 20 heavy (non-hydrogen) atoms. The van der Waals surface area contributed by atoms with Crippen LogP contribution in [-0.2, 0) is 13.5 Å². The minimum absolute atomic E-state index is 0.191. The number of carbonyl (C=O) groups is 1. The number of aromatic nitrogens is 2. The Hall–Kier alpha value is -2.56. The summed E-state index contributed by atoms with van der Waals surface area (Å²) < 4.78 is 7.45. The van der Waals surface area contributed by atoms with Crippen LogP contribution >= 0.6 is 0 Å². The Balaban J connectivity index is 1.63. The summed E-state index contributed by atoms with van der Waals surface area (Å²) in [4.78, 5) is 16.0. The first-order chi connectivity index (χ1) is 9.74. The molecule has 102 valence electrons. The number of hydrogen-bond donors (Lipinski definition) is 1. The number of rotatable bonds is 4. The molecule has 3 rings (SSSR count). The van der Waals surface area contributed by atoms with Gasteiger partial charge in [-0.05, 0) is 12.1 Å². The molecule has 0 aliphatic carbocycles. The second kappa shape index (κ2) is 5.21. The maximum absolute atomic E-state index is 12.0. The third-order valence-corrected chi connectivity index (χ3v) is 3.23. The van der Waals surface area contributed by atoms with Gasteiger partial charge >= 0.3 is 0 Å². The number of nitrogens with one attached hydrogen (secondary N) is 1. The van der Waals surface area contributed by atoms with E-state index in [4.69, 9.17) is 4.42 Å². The summed E-state index contributed by atoms with van der Waals surface area (Å²) in [5.41, 5.74) is 1.80. The van der Waals surface area contributed by atoms with Gasteiger partial charge in [0.05, 0.1) is 6.33 Å². The number of carbonyl (C=O) groups excluding carboxylic acids is 1. The first kappa shape index (κ1) is 12.5. The van der Waals surface area contributed by atoms with Crippen LogP contribution in [0.3, 0.4) is 0 Å². The molecule has 0 saturated carbocycles. The standard InChI is InChI=1S/C15H15N3O2/c1-18-10-16-9-12(18)6-7-17-15(19)14-8-11-4-2-3-5-13(11)20-14/h2-5,8-10H,6-7H2,1H3,(H,17,19). The first-order valence-electron chi connectivity index (χ1n) is 6.46. The normalized spacial score (nSPS) is 10.8. The number of furan rings is 1. The van der Waals surface area contributed by atoms with Crippen LogP contribution in [0.5, 0.6) is 0 Å². The second-order valence-corrected chi connectivity index (χ2v) is 4.65. The summed E-state index contributed by atoms with van der Waals surface area (Å²) in [7, 11) is 1.93. The molecule has 0 spiro atoms. The maximum atomic E-state index is 12.0. The van der Waals surface area contributed by atoms with Gasteiger partial charge < -0.3 is 14.3 Å². The molecule has 0 unspecified atom stereocenters. The molecule has 2 heterocycles. The Morgan fingerprint density at radius 3 is 3.00 bits per heavy atom. The fraction of sp³-hybridized carbons (Fsp3) is 0.200. The number of fused-ring (bicyclic) bond motifs is 1. The largest absolute Gasteiger partial charge is 0.451 e. The number of imidazole rings is 1. The molecule has 5 heteroatoms. The average molecular weight is 269 g/mol. The summed E-state index contributed by atoms with van der Waals surface area (Å²) in [6.45, 7) is 0.551. The van der Waals surface area contributed by atoms with Gasteiger partial charge in [-0.25, -0.2) is 4.98 Å². The lowest BCUT2D eigenvalue weighted by Gasteiger charge is -2.03. The molecular formula is C15H15N3O2. The van der Waals surface area contributed by atoms with Crippen LogP contribution in [-0.4, -0.2) is 22.0 Å². The summed E-state index contributed by atoms with van der Waals surface area (Å²) in [6.07, 6.45) is 4.28. The number of hydrogen-bond acceptors (Lipinski definition) is 3. The van der Waals surface area contributed by atoms with Crippen molar-refractivity contribution < 1.29 is 9.21 Å². The first-order valence-corrected chi connectivity index (χ1v) is 6.46. The van der Waals surface area contributed by atoms with E-state index < -0.39 is 0 Å². The average Bonchev–Trinajstić information content (AvgIpc) is 3.05. The molecule has 3 aromatic rings. The molecule has 1 N–H and O–H groups in total. The lowest BCUT2D eigenvalue weighted by Crippen LogP contribution is -2.25. The van der Waals surface area contributed by atoms with Crippen molar-refractivity contribution in [2.75, 3.05) is 6.54 Å². The third-order valence-electron chi connectivity index (χ3n) is 3.23. The lowest BCUT2D eigenvalue weighted by molar-refractivity contribution is 0.0928. The van der Waals surface area contributed by atoms with E-state index >= 15 is 0 Å². The fourth-order valence-electron chi connectivity index (χ4n) is 2.11. The van der Waals surface area contributed by atoms with Gasteiger partial charge in [-0.3, -0.25) is 4.79 Å². The Kier molecular flexibility index (Phi) is 3.25. The van der Waals surface area contributed by atoms with Crippen LogP contribution in [0.1, 0.15) is 16.2 Å². The molecule has 0 atom stereocenters. The van der Waals surface area contributed by atoms with Crippen molar-refractivity contribution in [1.29, 1.82) is 0 Å². The predicted octanol–water partition coefficient (Wildman–Crippen LogP) is 2.14. The zero-order chi connectivity index (χ0) is 13.9. The highest BCUT2D eigenvalue weighted by Crippen LogP contribution is 2.18. The van der Waals surface area contributed by atoms with Gasteiger partial charge in [-0.15, -0.1) is 0 Å². The topological polar surface area (TPSA) is 60.1 Å². The zero-order valence-corrected chi connectivity index (χ0v) is 11.2. The molecular weight excluding hydrogens is 254 g/mol. The van der Waals surface area contributed by atoms with Crippen molar-refractivity contribution in [1.82, 2.24) is 14.9 Å². The van der Waals surface area contributed by atoms with Gasteiger partial charge in [-0.2, -0.15) is 0 Å². The fourth-order valence-corrected chi connectivity index (χ4v) is 2.11. The van der Waals surface area contributed by atoms with Crippen LogP contribution in [0.2, 0.25) is 0 Å². The van der Waals surface area contributed by atoms with Crippen LogP contribution < -0.4 is 5.32 Å². The molecule has 0 aliphatic heterocycles. The summed E-state index contributed by atoms with van der Waals surface area (Å²) in [6, 6.07) is 9.33. The van der Waals surface area contributed by atoms with Crippen molar-refractivity contribution in [3.05, 3.63) is 54.3 Å². The van der Waals surface area contributed by atoms with E-state index in [1.165, 1.54) is 0 Å². The van der Waals surface area contributed by atoms with Crippen LogP contribution in [0.4, 0.5) is 0 Å². The van der Waals surface area contributed by atoms with Crippen LogP contribution in [0.25, 0.3) is 11.0 Å². The summed E-state index contributed by atoms with van der Waals surface area (Å²) >= 11 is 0. The Bertz CT molecular complexity index is 709. The van der Waals surface area contributed by atoms with Crippen molar-refractivity contribution in [2.45, 2.75) is 6.42 Å². The molecule has 0 radical (unpaired) electrons. The van der Waals surface area contributed by atoms with E-state index in [0.29, 0.717) is 12.3 Å². The molecule has 5 nitrogen and oxygen atoms in total. The number of benzene rings is 1. The van der Waals surface area contributed by atoms with Crippen molar-refractivity contribution >= 4 is 16.9 Å². The molecule has 0 fully saturated rings. The van der Waals surface area contributed by atoms with E-state index in [1.807, 2.05) is 35.9 Å². The molecule has 1 aromatic carbocycles. The number of aryl methyl sites for hydroxylation is 1. The minimum atomic E-state index is -0.191. The lowest BCUT2D eigenvalue weighted by atomic mass is 10.2. The SMILES string of the molecule is Cn1cncc1CCNC(=O)c1cc2ccccc2o1. The predicted molar refractivity (Wildman–Crippen MR) is 75.5 cm³/mol. The Morgan fingerprint density at radius 2 is 2.25 bits per heavy atom. The Labute approximate surface area is 116 Å². The molecule has 0 bridgehead atoms. The van der Waals surface area contributed by atoms with E-state index in [2.05, 4.69) is 10.3 Å². The van der Waals surface area contributed by atoms with Gasteiger partial charge in [0, 0.05) is 37.3 Å². The smallest absolute Gasteiger partial charge is 0.287 e. The van der Waals surface area contributed by atoms with Gasteiger partial charge in [0.15, 0.2) is 5.76 Å². The summed E-state index contributed by atoms with van der Waals surface area (Å²) in [5, 5.41) is 3.79.